The highest BCUT2D eigenvalue weighted by Gasteiger charge is 2.32. The first-order chi connectivity index (χ1) is 18.2. The van der Waals surface area contributed by atoms with Crippen LogP contribution < -0.4 is 10.1 Å². The van der Waals surface area contributed by atoms with Gasteiger partial charge in [0.2, 0.25) is 0 Å². The second kappa shape index (κ2) is 10.3. The Morgan fingerprint density at radius 3 is 2.53 bits per heavy atom. The third kappa shape index (κ3) is 5.42. The first kappa shape index (κ1) is 25.5. The summed E-state index contributed by atoms with van der Waals surface area (Å²) in [5.74, 6) is 0.832. The monoisotopic (exact) mass is 544 g/mol. The number of benzene rings is 2. The molecule has 0 fully saturated rings. The predicted octanol–water partition coefficient (Wildman–Crippen LogP) is 6.70. The number of imidazole rings is 1. The van der Waals surface area contributed by atoms with Gasteiger partial charge in [-0.05, 0) is 54.1 Å². The molecule has 3 heterocycles. The van der Waals surface area contributed by atoms with E-state index in [1.807, 2.05) is 6.92 Å². The van der Waals surface area contributed by atoms with E-state index >= 15 is 0 Å². The van der Waals surface area contributed by atoms with E-state index in [0.717, 1.165) is 12.3 Å². The summed E-state index contributed by atoms with van der Waals surface area (Å²) >= 11 is 6.19. The van der Waals surface area contributed by atoms with Crippen molar-refractivity contribution in [2.24, 2.45) is 0 Å². The van der Waals surface area contributed by atoms with Crippen LogP contribution in [0.15, 0.2) is 67.3 Å². The molecule has 5 rings (SSSR count). The van der Waals surface area contributed by atoms with E-state index in [0.29, 0.717) is 40.6 Å². The molecule has 1 N–H and O–H groups in total. The van der Waals surface area contributed by atoms with Crippen molar-refractivity contribution in [2.45, 2.75) is 32.0 Å². The van der Waals surface area contributed by atoms with Crippen LogP contribution in [0.3, 0.4) is 0 Å². The van der Waals surface area contributed by atoms with E-state index in [2.05, 4.69) is 20.4 Å². The maximum Gasteiger partial charge on any atom is 0.417 e. The molecule has 0 aliphatic heterocycles. The molecule has 0 amide bonds. The third-order valence-corrected chi connectivity index (χ3v) is 6.02. The lowest BCUT2D eigenvalue weighted by Crippen LogP contribution is -2.08. The number of nitrogens with zero attached hydrogens (tertiary/aromatic N) is 5. The molecular weight excluding hydrogens is 524 g/mol. The topological polar surface area (TPSA) is 69.3 Å². The Kier molecular flexibility index (Phi) is 6.94. The van der Waals surface area contributed by atoms with E-state index < -0.39 is 17.6 Å². The second-order valence-electron chi connectivity index (χ2n) is 8.41. The van der Waals surface area contributed by atoms with Gasteiger partial charge in [-0.3, -0.25) is 0 Å². The van der Waals surface area contributed by atoms with Crippen LogP contribution in [0.2, 0.25) is 0 Å². The number of anilines is 2. The molecule has 3 aromatic heterocycles. The van der Waals surface area contributed by atoms with Gasteiger partial charge < -0.3 is 14.5 Å². The lowest BCUT2D eigenvalue weighted by atomic mass is 10.1. The molecule has 38 heavy (non-hydrogen) atoms. The Balaban J connectivity index is 1.47. The van der Waals surface area contributed by atoms with Crippen LogP contribution in [0.5, 0.6) is 5.75 Å². The molecule has 0 saturated heterocycles. The largest absolute Gasteiger partial charge is 0.487 e. The molecule has 5 aromatic rings. The molecule has 0 radical (unpaired) electrons. The van der Waals surface area contributed by atoms with Gasteiger partial charge >= 0.3 is 6.18 Å². The van der Waals surface area contributed by atoms with Gasteiger partial charge in [0.1, 0.15) is 24.5 Å². The Labute approximate surface area is 219 Å². The highest BCUT2D eigenvalue weighted by molar-refractivity contribution is 6.17. The number of alkyl halides is 4. The molecule has 0 aliphatic rings. The van der Waals surface area contributed by atoms with Gasteiger partial charge in [-0.15, -0.1) is 11.6 Å². The molecule has 0 bridgehead atoms. The molecule has 2 aromatic carbocycles. The van der Waals surface area contributed by atoms with Gasteiger partial charge in [-0.25, -0.2) is 19.0 Å². The Hall–Kier alpha value is -4.12. The summed E-state index contributed by atoms with van der Waals surface area (Å²) in [6.45, 7) is 1.93. The zero-order chi connectivity index (χ0) is 26.9. The van der Waals surface area contributed by atoms with Crippen LogP contribution in [-0.4, -0.2) is 24.1 Å². The zero-order valence-corrected chi connectivity index (χ0v) is 20.8. The summed E-state index contributed by atoms with van der Waals surface area (Å²) < 4.78 is 62.7. The SMILES string of the molecule is CCc1ncn(-c2ccc(Nc3cc(C(F)(F)F)cn4cc(COc5ccc(F)cc5)nc34)cc2CCl)n1. The number of fused-ring (bicyclic) bond motifs is 1. The number of hydrogen-bond acceptors (Lipinski definition) is 5. The molecule has 0 saturated carbocycles. The van der Waals surface area contributed by atoms with Crippen LogP contribution >= 0.6 is 11.6 Å². The Morgan fingerprint density at radius 2 is 1.84 bits per heavy atom. The van der Waals surface area contributed by atoms with Crippen molar-refractivity contribution in [3.8, 4) is 11.4 Å². The number of halogens is 5. The lowest BCUT2D eigenvalue weighted by molar-refractivity contribution is -0.137. The number of nitrogens with one attached hydrogen (secondary N) is 1. The second-order valence-corrected chi connectivity index (χ2v) is 8.67. The summed E-state index contributed by atoms with van der Waals surface area (Å²) in [5.41, 5.74) is 1.92. The number of aromatic nitrogens is 5. The van der Waals surface area contributed by atoms with Crippen LogP contribution in [0.4, 0.5) is 28.9 Å². The van der Waals surface area contributed by atoms with Crippen molar-refractivity contribution in [2.75, 3.05) is 5.32 Å². The van der Waals surface area contributed by atoms with Gasteiger partial charge in [0.25, 0.3) is 0 Å². The highest BCUT2D eigenvalue weighted by Crippen LogP contribution is 2.34. The van der Waals surface area contributed by atoms with Crippen molar-refractivity contribution in [3.63, 3.8) is 0 Å². The van der Waals surface area contributed by atoms with Gasteiger partial charge in [-0.2, -0.15) is 18.3 Å². The quantitative estimate of drug-likeness (QED) is 0.174. The van der Waals surface area contributed by atoms with E-state index in [9.17, 15) is 17.6 Å². The fourth-order valence-corrected chi connectivity index (χ4v) is 4.09. The summed E-state index contributed by atoms with van der Waals surface area (Å²) in [4.78, 5) is 8.70. The number of hydrogen-bond donors (Lipinski definition) is 1. The van der Waals surface area contributed by atoms with Crippen LogP contribution in [-0.2, 0) is 25.1 Å². The van der Waals surface area contributed by atoms with Gasteiger partial charge in [-0.1, -0.05) is 6.92 Å². The van der Waals surface area contributed by atoms with Crippen molar-refractivity contribution < 1.29 is 22.3 Å². The smallest absolute Gasteiger partial charge is 0.417 e. The number of aryl methyl sites for hydroxylation is 1. The average molecular weight is 545 g/mol. The summed E-state index contributed by atoms with van der Waals surface area (Å²) in [6.07, 6.45) is 0.124. The zero-order valence-electron chi connectivity index (χ0n) is 20.0. The molecule has 0 spiro atoms. The number of pyridine rings is 1. The first-order valence-electron chi connectivity index (χ1n) is 11.6. The molecule has 7 nitrogen and oxygen atoms in total. The summed E-state index contributed by atoms with van der Waals surface area (Å²) in [7, 11) is 0. The molecule has 12 heteroatoms. The summed E-state index contributed by atoms with van der Waals surface area (Å²) in [5, 5.41) is 7.46. The Bertz CT molecular complexity index is 1580. The maximum absolute atomic E-state index is 13.7. The summed E-state index contributed by atoms with van der Waals surface area (Å²) in [6, 6.07) is 11.7. The molecule has 196 valence electrons. The van der Waals surface area contributed by atoms with Crippen molar-refractivity contribution in [3.05, 3.63) is 95.7 Å². The minimum absolute atomic E-state index is 0.0170. The Morgan fingerprint density at radius 1 is 1.05 bits per heavy atom. The molecular formula is C26H21ClF4N6O. The lowest BCUT2D eigenvalue weighted by Gasteiger charge is -2.14. The fourth-order valence-electron chi connectivity index (χ4n) is 3.88. The highest BCUT2D eigenvalue weighted by atomic mass is 35.5. The van der Waals surface area contributed by atoms with Crippen molar-refractivity contribution >= 4 is 28.6 Å². The minimum Gasteiger partial charge on any atom is -0.487 e. The fraction of sp³-hybridized carbons (Fsp3) is 0.192. The van der Waals surface area contributed by atoms with Crippen molar-refractivity contribution in [1.29, 1.82) is 0 Å². The number of rotatable bonds is 8. The normalized spacial score (nSPS) is 11.7. The van der Waals surface area contributed by atoms with Gasteiger partial charge in [0, 0.05) is 30.4 Å². The van der Waals surface area contributed by atoms with Crippen LogP contribution in [0, 0.1) is 5.82 Å². The van der Waals surface area contributed by atoms with Gasteiger partial charge in [0.05, 0.1) is 22.6 Å². The molecule has 0 atom stereocenters. The van der Waals surface area contributed by atoms with E-state index in [-0.39, 0.29) is 23.8 Å². The number of ether oxygens (including phenoxy) is 1. The van der Waals surface area contributed by atoms with Crippen LogP contribution in [0.1, 0.15) is 29.6 Å². The van der Waals surface area contributed by atoms with E-state index in [1.54, 1.807) is 29.2 Å². The van der Waals surface area contributed by atoms with E-state index in [1.165, 1.54) is 34.9 Å². The van der Waals surface area contributed by atoms with E-state index in [4.69, 9.17) is 16.3 Å². The molecule has 0 unspecified atom stereocenters. The predicted molar refractivity (Wildman–Crippen MR) is 135 cm³/mol. The van der Waals surface area contributed by atoms with Crippen molar-refractivity contribution in [1.82, 2.24) is 24.1 Å². The average Bonchev–Trinajstić information content (AvgIpc) is 3.55. The standard InChI is InChI=1S/C26H21ClF4N6O/c1-2-24-32-15-37(35-24)23-8-5-19(9-16(23)11-27)33-22-10-17(26(29,30)31)12-36-13-20(34-25(22)36)14-38-21-6-3-18(28)4-7-21/h3-10,12-13,15,33H,2,11,14H2,1H3. The first-order valence-corrected chi connectivity index (χ1v) is 12.1. The van der Waals surface area contributed by atoms with Crippen LogP contribution in [0.25, 0.3) is 11.3 Å². The minimum atomic E-state index is -4.57. The third-order valence-electron chi connectivity index (χ3n) is 5.73. The molecule has 0 aliphatic carbocycles. The van der Waals surface area contributed by atoms with Gasteiger partial charge in [0.15, 0.2) is 11.5 Å². The maximum atomic E-state index is 13.7.